The van der Waals surface area contributed by atoms with Crippen LogP contribution >= 0.6 is 23.1 Å². The highest BCUT2D eigenvalue weighted by atomic mass is 32.2. The van der Waals surface area contributed by atoms with Crippen molar-refractivity contribution in [3.05, 3.63) is 70.9 Å². The van der Waals surface area contributed by atoms with Crippen LogP contribution in [-0.4, -0.2) is 19.0 Å². The molecule has 1 amide bonds. The van der Waals surface area contributed by atoms with Gasteiger partial charge in [0.2, 0.25) is 5.91 Å². The monoisotopic (exact) mass is 380 g/mol. The number of para-hydroxylation sites is 2. The predicted octanol–water partition coefficient (Wildman–Crippen LogP) is 5.10. The highest BCUT2D eigenvalue weighted by Gasteiger charge is 2.22. The van der Waals surface area contributed by atoms with Crippen LogP contribution in [-0.2, 0) is 11.2 Å². The lowest BCUT2D eigenvalue weighted by molar-refractivity contribution is -0.120. The van der Waals surface area contributed by atoms with Crippen molar-refractivity contribution >= 4 is 40.4 Å². The van der Waals surface area contributed by atoms with E-state index in [-0.39, 0.29) is 5.91 Å². The molecule has 3 aromatic rings. The van der Waals surface area contributed by atoms with Crippen LogP contribution in [0.1, 0.15) is 11.3 Å². The first-order valence-corrected chi connectivity index (χ1v) is 10.4. The molecule has 3 nitrogen and oxygen atoms in total. The number of thiophene rings is 1. The van der Waals surface area contributed by atoms with Gasteiger partial charge in [-0.2, -0.15) is 0 Å². The summed E-state index contributed by atoms with van der Waals surface area (Å²) in [6, 6.07) is 21.0. The Hall–Kier alpha value is -2.24. The third kappa shape index (κ3) is 3.79. The lowest BCUT2D eigenvalue weighted by atomic mass is 10.2. The van der Waals surface area contributed by atoms with E-state index in [1.165, 1.54) is 21.2 Å². The molecule has 2 aromatic carbocycles. The Morgan fingerprint density at radius 1 is 0.923 bits per heavy atom. The van der Waals surface area contributed by atoms with Gasteiger partial charge in [-0.1, -0.05) is 42.1 Å². The molecule has 0 atom stereocenters. The zero-order valence-electron chi connectivity index (χ0n) is 14.4. The number of hydrogen-bond acceptors (Lipinski definition) is 4. The number of anilines is 2. The van der Waals surface area contributed by atoms with Crippen molar-refractivity contribution in [2.24, 2.45) is 0 Å². The molecule has 0 saturated heterocycles. The maximum atomic E-state index is 12.0. The molecule has 1 aliphatic rings. The van der Waals surface area contributed by atoms with Gasteiger partial charge in [-0.05, 0) is 42.1 Å². The predicted molar refractivity (Wildman–Crippen MR) is 110 cm³/mol. The van der Waals surface area contributed by atoms with Gasteiger partial charge in [-0.3, -0.25) is 4.79 Å². The molecule has 1 aliphatic heterocycles. The molecule has 0 unspecified atom stereocenters. The van der Waals surface area contributed by atoms with Gasteiger partial charge in [0, 0.05) is 27.8 Å². The minimum Gasteiger partial charge on any atom is -0.356 e. The summed E-state index contributed by atoms with van der Waals surface area (Å²) in [5.41, 5.74) is 2.50. The van der Waals surface area contributed by atoms with Gasteiger partial charge in [-0.15, -0.1) is 11.3 Å². The Morgan fingerprint density at radius 2 is 1.62 bits per heavy atom. The van der Waals surface area contributed by atoms with Crippen LogP contribution in [0.25, 0.3) is 0 Å². The second-order valence-electron chi connectivity index (χ2n) is 6.15. The minimum atomic E-state index is 0.0995. The maximum absolute atomic E-state index is 12.0. The van der Waals surface area contributed by atoms with Crippen LogP contribution in [0.4, 0.5) is 11.4 Å². The number of rotatable bonds is 6. The SMILES string of the molecule is O=C(Cc1cccs1)NCCCN1c2ccccc2Sc2ccccc21. The zero-order valence-corrected chi connectivity index (χ0v) is 16.0. The molecule has 0 radical (unpaired) electrons. The molecule has 26 heavy (non-hydrogen) atoms. The normalized spacial score (nSPS) is 12.4. The van der Waals surface area contributed by atoms with Crippen LogP contribution in [0.3, 0.4) is 0 Å². The number of benzene rings is 2. The number of amides is 1. The zero-order chi connectivity index (χ0) is 17.8. The molecular formula is C21H20N2OS2. The first-order chi connectivity index (χ1) is 12.8. The number of carbonyl (C=O) groups excluding carboxylic acids is 1. The largest absolute Gasteiger partial charge is 0.356 e. The second-order valence-corrected chi connectivity index (χ2v) is 8.26. The Morgan fingerprint density at radius 3 is 2.27 bits per heavy atom. The van der Waals surface area contributed by atoms with Crippen molar-refractivity contribution in [1.29, 1.82) is 0 Å². The number of carbonyl (C=O) groups is 1. The van der Waals surface area contributed by atoms with Gasteiger partial charge in [0.05, 0.1) is 17.8 Å². The van der Waals surface area contributed by atoms with Crippen molar-refractivity contribution in [2.75, 3.05) is 18.0 Å². The van der Waals surface area contributed by atoms with E-state index in [4.69, 9.17) is 0 Å². The first kappa shape index (κ1) is 17.2. The van der Waals surface area contributed by atoms with Gasteiger partial charge in [-0.25, -0.2) is 0 Å². The van der Waals surface area contributed by atoms with Crippen LogP contribution in [0.15, 0.2) is 75.8 Å². The van der Waals surface area contributed by atoms with E-state index in [1.54, 1.807) is 11.3 Å². The molecule has 1 N–H and O–H groups in total. The smallest absolute Gasteiger partial charge is 0.225 e. The Kier molecular flexibility index (Phi) is 5.27. The summed E-state index contributed by atoms with van der Waals surface area (Å²) in [4.78, 5) is 18.1. The van der Waals surface area contributed by atoms with Crippen LogP contribution in [0.2, 0.25) is 0 Å². The number of nitrogens with one attached hydrogen (secondary N) is 1. The summed E-state index contributed by atoms with van der Waals surface area (Å²) in [7, 11) is 0. The quantitative estimate of drug-likeness (QED) is 0.604. The van der Waals surface area contributed by atoms with Crippen molar-refractivity contribution in [3.8, 4) is 0 Å². The topological polar surface area (TPSA) is 32.3 Å². The van der Waals surface area contributed by atoms with E-state index in [1.807, 2.05) is 29.3 Å². The Labute approximate surface area is 162 Å². The molecule has 0 fully saturated rings. The van der Waals surface area contributed by atoms with Crippen LogP contribution in [0, 0.1) is 0 Å². The van der Waals surface area contributed by atoms with E-state index >= 15 is 0 Å². The van der Waals surface area contributed by atoms with Crippen LogP contribution in [0.5, 0.6) is 0 Å². The fraction of sp³-hybridized carbons (Fsp3) is 0.190. The average molecular weight is 381 g/mol. The van der Waals surface area contributed by atoms with Gasteiger partial charge in [0.1, 0.15) is 0 Å². The third-order valence-corrected chi connectivity index (χ3v) is 6.33. The molecule has 5 heteroatoms. The van der Waals surface area contributed by atoms with Gasteiger partial charge in [0.25, 0.3) is 0 Å². The molecule has 132 valence electrons. The van der Waals surface area contributed by atoms with E-state index in [0.717, 1.165) is 17.8 Å². The number of nitrogens with zero attached hydrogens (tertiary/aromatic N) is 1. The number of fused-ring (bicyclic) bond motifs is 2. The molecule has 2 heterocycles. The standard InChI is InChI=1S/C21H20N2OS2/c24-21(15-16-7-5-14-25-16)22-12-6-13-23-17-8-1-3-10-19(17)26-20-11-4-2-9-18(20)23/h1-5,7-11,14H,6,12-13,15H2,(H,22,24). The fourth-order valence-electron chi connectivity index (χ4n) is 3.12. The van der Waals surface area contributed by atoms with Crippen molar-refractivity contribution in [1.82, 2.24) is 5.32 Å². The van der Waals surface area contributed by atoms with Gasteiger partial charge in [0.15, 0.2) is 0 Å². The first-order valence-electron chi connectivity index (χ1n) is 8.74. The van der Waals surface area contributed by atoms with Crippen molar-refractivity contribution in [3.63, 3.8) is 0 Å². The van der Waals surface area contributed by atoms with Crippen LogP contribution < -0.4 is 10.2 Å². The van der Waals surface area contributed by atoms with Crippen molar-refractivity contribution < 1.29 is 4.79 Å². The van der Waals surface area contributed by atoms with E-state index in [9.17, 15) is 4.79 Å². The molecule has 0 aliphatic carbocycles. The lowest BCUT2D eigenvalue weighted by Crippen LogP contribution is -2.29. The minimum absolute atomic E-state index is 0.0995. The average Bonchev–Trinajstić information content (AvgIpc) is 3.17. The molecule has 1 aromatic heterocycles. The summed E-state index contributed by atoms with van der Waals surface area (Å²) in [6.07, 6.45) is 1.38. The lowest BCUT2D eigenvalue weighted by Gasteiger charge is -2.32. The van der Waals surface area contributed by atoms with E-state index in [0.29, 0.717) is 13.0 Å². The maximum Gasteiger partial charge on any atom is 0.225 e. The highest BCUT2D eigenvalue weighted by Crippen LogP contribution is 2.47. The second kappa shape index (κ2) is 7.98. The summed E-state index contributed by atoms with van der Waals surface area (Å²) in [5, 5.41) is 5.05. The third-order valence-electron chi connectivity index (χ3n) is 4.33. The van der Waals surface area contributed by atoms with E-state index < -0.39 is 0 Å². The molecule has 0 spiro atoms. The summed E-state index contributed by atoms with van der Waals surface area (Å²) < 4.78 is 0. The Balaban J connectivity index is 1.38. The van der Waals surface area contributed by atoms with Gasteiger partial charge >= 0.3 is 0 Å². The van der Waals surface area contributed by atoms with Gasteiger partial charge < -0.3 is 10.2 Å². The molecular weight excluding hydrogens is 360 g/mol. The number of hydrogen-bond donors (Lipinski definition) is 1. The Bertz CT molecular complexity index is 847. The molecule has 0 bridgehead atoms. The summed E-state index contributed by atoms with van der Waals surface area (Å²) in [5.74, 6) is 0.0995. The molecule has 0 saturated carbocycles. The highest BCUT2D eigenvalue weighted by molar-refractivity contribution is 7.99. The fourth-order valence-corrected chi connectivity index (χ4v) is 4.92. The van der Waals surface area contributed by atoms with Crippen molar-refractivity contribution in [2.45, 2.75) is 22.6 Å². The molecule has 4 rings (SSSR count). The summed E-state index contributed by atoms with van der Waals surface area (Å²) in [6.45, 7) is 1.58. The van der Waals surface area contributed by atoms with E-state index in [2.05, 4.69) is 58.7 Å². The summed E-state index contributed by atoms with van der Waals surface area (Å²) >= 11 is 3.45.